The van der Waals surface area contributed by atoms with E-state index in [1.54, 1.807) is 0 Å². The van der Waals surface area contributed by atoms with Gasteiger partial charge in [0, 0.05) is 6.54 Å². The monoisotopic (exact) mass is 305 g/mol. The Kier molecular flexibility index (Phi) is 8.83. The van der Waals surface area contributed by atoms with E-state index in [1.165, 1.54) is 0 Å². The minimum Gasteiger partial charge on any atom is -0.465 e. The van der Waals surface area contributed by atoms with Crippen molar-refractivity contribution in [1.29, 1.82) is 0 Å². The molecule has 0 fully saturated rings. The van der Waals surface area contributed by atoms with E-state index in [-0.39, 0.29) is 17.8 Å². The molecule has 0 saturated heterocycles. The van der Waals surface area contributed by atoms with Crippen molar-refractivity contribution in [2.45, 2.75) is 46.5 Å². The lowest BCUT2D eigenvalue weighted by molar-refractivity contribution is -0.147. The Morgan fingerprint density at radius 1 is 1.14 bits per heavy atom. The summed E-state index contributed by atoms with van der Waals surface area (Å²) in [6.45, 7) is 12.1. The van der Waals surface area contributed by atoms with Crippen molar-refractivity contribution in [2.24, 2.45) is 5.92 Å². The molecule has 3 nitrogen and oxygen atoms in total. The van der Waals surface area contributed by atoms with Gasteiger partial charge in [0.25, 0.3) is 0 Å². The second kappa shape index (κ2) is 10.4. The molecule has 0 radical (unpaired) electrons. The van der Waals surface area contributed by atoms with Gasteiger partial charge in [-0.2, -0.15) is 0 Å². The Balaban J connectivity index is 2.55. The van der Waals surface area contributed by atoms with E-state index >= 15 is 0 Å². The number of esters is 1. The lowest BCUT2D eigenvalue weighted by atomic mass is 9.86. The Bertz CT molecular complexity index is 415. The molecule has 0 aromatic heterocycles. The zero-order chi connectivity index (χ0) is 16.4. The molecule has 0 saturated carbocycles. The van der Waals surface area contributed by atoms with Crippen molar-refractivity contribution >= 4 is 5.97 Å². The molecule has 0 aliphatic heterocycles. The second-order valence-electron chi connectivity index (χ2n) is 5.82. The number of carbonyl (C=O) groups excluding carboxylic acids is 1. The molecule has 0 N–H and O–H groups in total. The van der Waals surface area contributed by atoms with E-state index < -0.39 is 0 Å². The van der Waals surface area contributed by atoms with Crippen molar-refractivity contribution < 1.29 is 9.53 Å². The molecular formula is C19H31NO2. The minimum absolute atomic E-state index is 0.0832. The van der Waals surface area contributed by atoms with Crippen LogP contribution in [-0.2, 0) is 9.53 Å². The number of nitrogens with zero attached hydrogens (tertiary/aromatic N) is 1. The Labute approximate surface area is 135 Å². The summed E-state index contributed by atoms with van der Waals surface area (Å²) in [6.07, 6.45) is 1.86. The molecule has 1 aromatic rings. The van der Waals surface area contributed by atoms with Crippen LogP contribution in [-0.4, -0.2) is 37.1 Å². The quantitative estimate of drug-likeness (QED) is 0.481. The van der Waals surface area contributed by atoms with Gasteiger partial charge in [0.1, 0.15) is 0 Å². The highest BCUT2D eigenvalue weighted by Gasteiger charge is 2.27. The maximum absolute atomic E-state index is 12.5. The average molecular weight is 305 g/mol. The van der Waals surface area contributed by atoms with Gasteiger partial charge in [-0.3, -0.25) is 4.79 Å². The molecule has 1 aromatic carbocycles. The van der Waals surface area contributed by atoms with Crippen LogP contribution in [0.15, 0.2) is 30.3 Å². The predicted octanol–water partition coefficient (Wildman–Crippen LogP) is 4.09. The van der Waals surface area contributed by atoms with Gasteiger partial charge in [-0.25, -0.2) is 0 Å². The molecule has 0 bridgehead atoms. The summed E-state index contributed by atoms with van der Waals surface area (Å²) in [7, 11) is 0. The molecule has 22 heavy (non-hydrogen) atoms. The van der Waals surface area contributed by atoms with Crippen molar-refractivity contribution in [3.8, 4) is 0 Å². The summed E-state index contributed by atoms with van der Waals surface area (Å²) in [4.78, 5) is 14.8. The fourth-order valence-corrected chi connectivity index (χ4v) is 2.68. The minimum atomic E-state index is -0.153. The van der Waals surface area contributed by atoms with Crippen LogP contribution in [0.25, 0.3) is 0 Å². The fourth-order valence-electron chi connectivity index (χ4n) is 2.68. The maximum Gasteiger partial charge on any atom is 0.313 e. The van der Waals surface area contributed by atoms with E-state index in [2.05, 4.69) is 32.6 Å². The third kappa shape index (κ3) is 5.80. The van der Waals surface area contributed by atoms with Crippen LogP contribution < -0.4 is 0 Å². The van der Waals surface area contributed by atoms with Gasteiger partial charge < -0.3 is 9.64 Å². The topological polar surface area (TPSA) is 29.5 Å². The number of benzene rings is 1. The Morgan fingerprint density at radius 3 is 2.32 bits per heavy atom. The zero-order valence-electron chi connectivity index (χ0n) is 14.5. The van der Waals surface area contributed by atoms with Gasteiger partial charge in [-0.05, 0) is 31.0 Å². The Hall–Kier alpha value is -1.35. The molecule has 0 heterocycles. The van der Waals surface area contributed by atoms with Gasteiger partial charge in [-0.1, -0.05) is 64.4 Å². The van der Waals surface area contributed by atoms with Crippen molar-refractivity contribution in [2.75, 3.05) is 26.2 Å². The summed E-state index contributed by atoms with van der Waals surface area (Å²) in [5, 5.41) is 0. The van der Waals surface area contributed by atoms with Crippen LogP contribution in [0.5, 0.6) is 0 Å². The molecular weight excluding hydrogens is 274 g/mol. The highest BCUT2D eigenvalue weighted by Crippen LogP contribution is 2.28. The number of ether oxygens (including phenoxy) is 1. The van der Waals surface area contributed by atoms with Crippen molar-refractivity contribution in [3.63, 3.8) is 0 Å². The molecule has 2 atom stereocenters. The van der Waals surface area contributed by atoms with Gasteiger partial charge in [0.15, 0.2) is 0 Å². The highest BCUT2D eigenvalue weighted by molar-refractivity contribution is 5.78. The summed E-state index contributed by atoms with van der Waals surface area (Å²) in [5.74, 6) is 0.0532. The molecule has 124 valence electrons. The summed E-state index contributed by atoms with van der Waals surface area (Å²) >= 11 is 0. The average Bonchev–Trinajstić information content (AvgIpc) is 2.56. The summed E-state index contributed by atoms with van der Waals surface area (Å²) < 4.78 is 5.56. The molecule has 0 aliphatic rings. The van der Waals surface area contributed by atoms with Crippen LogP contribution in [0, 0.1) is 5.92 Å². The van der Waals surface area contributed by atoms with Crippen molar-refractivity contribution in [3.05, 3.63) is 35.9 Å². The normalized spacial score (nSPS) is 13.9. The van der Waals surface area contributed by atoms with Crippen LogP contribution in [0.4, 0.5) is 0 Å². The van der Waals surface area contributed by atoms with Gasteiger partial charge >= 0.3 is 5.97 Å². The second-order valence-corrected chi connectivity index (χ2v) is 5.82. The first-order valence-electron chi connectivity index (χ1n) is 8.57. The van der Waals surface area contributed by atoms with Crippen LogP contribution >= 0.6 is 0 Å². The first kappa shape index (κ1) is 18.7. The zero-order valence-corrected chi connectivity index (χ0v) is 14.5. The summed E-state index contributed by atoms with van der Waals surface area (Å²) in [6, 6.07) is 9.99. The Morgan fingerprint density at radius 2 is 1.77 bits per heavy atom. The number of hydrogen-bond donors (Lipinski definition) is 0. The lowest BCUT2D eigenvalue weighted by Crippen LogP contribution is -2.26. The first-order valence-corrected chi connectivity index (χ1v) is 8.57. The van der Waals surface area contributed by atoms with Gasteiger partial charge in [-0.15, -0.1) is 0 Å². The van der Waals surface area contributed by atoms with E-state index in [0.717, 1.165) is 38.0 Å². The van der Waals surface area contributed by atoms with Crippen molar-refractivity contribution in [1.82, 2.24) is 4.90 Å². The smallest absolute Gasteiger partial charge is 0.313 e. The maximum atomic E-state index is 12.5. The summed E-state index contributed by atoms with van der Waals surface area (Å²) in [5.41, 5.74) is 1.06. The molecule has 1 rings (SSSR count). The van der Waals surface area contributed by atoms with Crippen LogP contribution in [0.2, 0.25) is 0 Å². The van der Waals surface area contributed by atoms with E-state index in [0.29, 0.717) is 6.61 Å². The first-order chi connectivity index (χ1) is 10.6. The number of carbonyl (C=O) groups is 1. The van der Waals surface area contributed by atoms with E-state index in [4.69, 9.17) is 4.74 Å². The van der Waals surface area contributed by atoms with E-state index in [9.17, 15) is 4.79 Å². The van der Waals surface area contributed by atoms with Crippen LogP contribution in [0.1, 0.15) is 52.0 Å². The lowest BCUT2D eigenvalue weighted by Gasteiger charge is -2.22. The molecule has 0 aliphatic carbocycles. The standard InChI is InChI=1S/C19H31NO2/c1-5-16(4)18(17-12-9-8-10-13-17)19(21)22-15-11-14-20(6-2)7-3/h8-10,12-13,16,18H,5-7,11,14-15H2,1-4H3. The van der Waals surface area contributed by atoms with Gasteiger partial charge in [0.2, 0.25) is 0 Å². The number of rotatable bonds is 10. The SMILES string of the molecule is CCC(C)C(C(=O)OCCCN(CC)CC)c1ccccc1. The van der Waals surface area contributed by atoms with E-state index in [1.807, 2.05) is 30.3 Å². The largest absolute Gasteiger partial charge is 0.465 e. The molecule has 2 unspecified atom stereocenters. The fraction of sp³-hybridized carbons (Fsp3) is 0.632. The third-order valence-electron chi connectivity index (χ3n) is 4.38. The third-order valence-corrected chi connectivity index (χ3v) is 4.38. The molecule has 0 amide bonds. The van der Waals surface area contributed by atoms with Gasteiger partial charge in [0.05, 0.1) is 12.5 Å². The van der Waals surface area contributed by atoms with Crippen LogP contribution in [0.3, 0.4) is 0 Å². The molecule has 3 heteroatoms. The molecule has 0 spiro atoms. The predicted molar refractivity (Wildman–Crippen MR) is 92.0 cm³/mol. The number of hydrogen-bond acceptors (Lipinski definition) is 3. The highest BCUT2D eigenvalue weighted by atomic mass is 16.5.